The Morgan fingerprint density at radius 2 is 1.93 bits per heavy atom. The quantitative estimate of drug-likeness (QED) is 0.619. The van der Waals surface area contributed by atoms with Crippen LogP contribution >= 0.6 is 0 Å². The SMILES string of the molecule is NC(=O)/C(N)=C/NCc1ccc(F)cc1. The second kappa shape index (κ2) is 4.99. The lowest BCUT2D eigenvalue weighted by molar-refractivity contribution is -0.114. The smallest absolute Gasteiger partial charge is 0.266 e. The first-order valence-corrected chi connectivity index (χ1v) is 4.33. The highest BCUT2D eigenvalue weighted by Gasteiger charge is 1.96. The van der Waals surface area contributed by atoms with E-state index in [2.05, 4.69) is 5.32 Å². The fourth-order valence-electron chi connectivity index (χ4n) is 0.952. The Kier molecular flexibility index (Phi) is 3.68. The Bertz CT molecular complexity index is 373. The molecule has 0 aliphatic rings. The van der Waals surface area contributed by atoms with E-state index in [0.717, 1.165) is 5.56 Å². The van der Waals surface area contributed by atoms with Gasteiger partial charge < -0.3 is 16.8 Å². The number of primary amides is 1. The second-order valence-electron chi connectivity index (χ2n) is 2.97. The van der Waals surface area contributed by atoms with Crippen molar-refractivity contribution < 1.29 is 9.18 Å². The van der Waals surface area contributed by atoms with Crippen LogP contribution in [-0.2, 0) is 11.3 Å². The third-order valence-corrected chi connectivity index (χ3v) is 1.76. The molecule has 1 amide bonds. The van der Waals surface area contributed by atoms with Gasteiger partial charge in [0.2, 0.25) is 0 Å². The van der Waals surface area contributed by atoms with Crippen molar-refractivity contribution in [2.45, 2.75) is 6.54 Å². The van der Waals surface area contributed by atoms with Crippen LogP contribution in [0.15, 0.2) is 36.2 Å². The van der Waals surface area contributed by atoms with Gasteiger partial charge in [0.25, 0.3) is 5.91 Å². The number of nitrogens with one attached hydrogen (secondary N) is 1. The summed E-state index contributed by atoms with van der Waals surface area (Å²) in [5.41, 5.74) is 11.0. The number of benzene rings is 1. The van der Waals surface area contributed by atoms with Gasteiger partial charge in [-0.3, -0.25) is 4.79 Å². The minimum absolute atomic E-state index is 0.0443. The molecule has 0 spiro atoms. The molecule has 15 heavy (non-hydrogen) atoms. The normalized spacial score (nSPS) is 11.1. The number of amides is 1. The van der Waals surface area contributed by atoms with E-state index >= 15 is 0 Å². The Morgan fingerprint density at radius 3 is 2.47 bits per heavy atom. The van der Waals surface area contributed by atoms with E-state index in [1.807, 2.05) is 0 Å². The highest BCUT2D eigenvalue weighted by molar-refractivity contribution is 5.90. The van der Waals surface area contributed by atoms with Gasteiger partial charge in [-0.2, -0.15) is 0 Å². The van der Waals surface area contributed by atoms with E-state index in [1.54, 1.807) is 12.1 Å². The molecule has 0 radical (unpaired) electrons. The van der Waals surface area contributed by atoms with Gasteiger partial charge in [-0.1, -0.05) is 12.1 Å². The van der Waals surface area contributed by atoms with Crippen LogP contribution in [0.1, 0.15) is 5.56 Å². The van der Waals surface area contributed by atoms with Crippen LogP contribution < -0.4 is 16.8 Å². The summed E-state index contributed by atoms with van der Waals surface area (Å²) in [7, 11) is 0. The Labute approximate surface area is 86.8 Å². The molecule has 5 heteroatoms. The van der Waals surface area contributed by atoms with Crippen LogP contribution in [0.4, 0.5) is 4.39 Å². The predicted octanol–water partition coefficient (Wildman–Crippen LogP) is 0.201. The maximum Gasteiger partial charge on any atom is 0.266 e. The minimum atomic E-state index is -0.679. The van der Waals surface area contributed by atoms with Crippen molar-refractivity contribution in [2.24, 2.45) is 11.5 Å². The number of carbonyl (C=O) groups excluding carboxylic acids is 1. The molecule has 0 aliphatic heterocycles. The molecule has 5 N–H and O–H groups in total. The second-order valence-corrected chi connectivity index (χ2v) is 2.97. The highest BCUT2D eigenvalue weighted by Crippen LogP contribution is 2.01. The molecule has 0 aromatic heterocycles. The molecule has 0 heterocycles. The maximum atomic E-state index is 12.5. The summed E-state index contributed by atoms with van der Waals surface area (Å²) in [4.78, 5) is 10.5. The zero-order chi connectivity index (χ0) is 11.3. The molecule has 0 unspecified atom stereocenters. The summed E-state index contributed by atoms with van der Waals surface area (Å²) < 4.78 is 12.5. The summed E-state index contributed by atoms with van der Waals surface area (Å²) in [6, 6.07) is 5.99. The summed E-state index contributed by atoms with van der Waals surface area (Å²) in [6.45, 7) is 0.453. The van der Waals surface area contributed by atoms with Crippen LogP contribution in [0.25, 0.3) is 0 Å². The van der Waals surface area contributed by atoms with Gasteiger partial charge in [0.15, 0.2) is 0 Å². The first kappa shape index (κ1) is 11.0. The van der Waals surface area contributed by atoms with Gasteiger partial charge in [0, 0.05) is 12.7 Å². The summed E-state index contributed by atoms with van der Waals surface area (Å²) in [5, 5.41) is 2.79. The maximum absolute atomic E-state index is 12.5. The predicted molar refractivity (Wildman–Crippen MR) is 54.7 cm³/mol. The van der Waals surface area contributed by atoms with Crippen LogP contribution in [-0.4, -0.2) is 5.91 Å². The number of rotatable bonds is 4. The summed E-state index contributed by atoms with van der Waals surface area (Å²) in [5.74, 6) is -0.965. The van der Waals surface area contributed by atoms with Crippen molar-refractivity contribution in [1.29, 1.82) is 0 Å². The largest absolute Gasteiger partial charge is 0.393 e. The molecular formula is C10H12FN3O. The van der Waals surface area contributed by atoms with Crippen molar-refractivity contribution in [2.75, 3.05) is 0 Å². The Hall–Kier alpha value is -2.04. The molecule has 0 fully saturated rings. The first-order valence-electron chi connectivity index (χ1n) is 4.33. The Balaban J connectivity index is 2.48. The molecule has 1 aromatic carbocycles. The van der Waals surface area contributed by atoms with Gasteiger partial charge >= 0.3 is 0 Å². The summed E-state index contributed by atoms with van der Waals surface area (Å²) in [6.07, 6.45) is 1.33. The zero-order valence-electron chi connectivity index (χ0n) is 8.03. The molecule has 1 aromatic rings. The van der Waals surface area contributed by atoms with Gasteiger partial charge in [-0.25, -0.2) is 4.39 Å². The van der Waals surface area contributed by atoms with E-state index in [9.17, 15) is 9.18 Å². The number of halogens is 1. The van der Waals surface area contributed by atoms with Crippen molar-refractivity contribution in [3.05, 3.63) is 47.5 Å². The molecule has 4 nitrogen and oxygen atoms in total. The monoisotopic (exact) mass is 209 g/mol. The minimum Gasteiger partial charge on any atom is -0.393 e. The average molecular weight is 209 g/mol. The van der Waals surface area contributed by atoms with Gasteiger partial charge in [-0.15, -0.1) is 0 Å². The van der Waals surface area contributed by atoms with E-state index in [0.29, 0.717) is 6.54 Å². The van der Waals surface area contributed by atoms with Crippen molar-refractivity contribution in [3.63, 3.8) is 0 Å². The third-order valence-electron chi connectivity index (χ3n) is 1.76. The van der Waals surface area contributed by atoms with E-state index in [-0.39, 0.29) is 11.5 Å². The van der Waals surface area contributed by atoms with E-state index < -0.39 is 5.91 Å². The molecule has 0 aliphatic carbocycles. The van der Waals surface area contributed by atoms with Crippen LogP contribution in [0, 0.1) is 5.82 Å². The molecule has 80 valence electrons. The fourth-order valence-corrected chi connectivity index (χ4v) is 0.952. The molecule has 1 rings (SSSR count). The molecule has 0 atom stereocenters. The van der Waals surface area contributed by atoms with Crippen LogP contribution in [0.3, 0.4) is 0 Å². The molecular weight excluding hydrogens is 197 g/mol. The zero-order valence-corrected chi connectivity index (χ0v) is 8.03. The topological polar surface area (TPSA) is 81.1 Å². The van der Waals surface area contributed by atoms with Crippen molar-refractivity contribution >= 4 is 5.91 Å². The Morgan fingerprint density at radius 1 is 1.33 bits per heavy atom. The number of hydrogen-bond donors (Lipinski definition) is 3. The third kappa shape index (κ3) is 3.68. The standard InChI is InChI=1S/C10H12FN3O/c11-8-3-1-7(2-4-8)5-14-6-9(12)10(13)15/h1-4,6,14H,5,12H2,(H2,13,15)/b9-6-. The molecule has 0 bridgehead atoms. The fraction of sp³-hybridized carbons (Fsp3) is 0.100. The lowest BCUT2D eigenvalue weighted by Crippen LogP contribution is -2.22. The average Bonchev–Trinajstić information content (AvgIpc) is 2.20. The molecule has 0 saturated carbocycles. The van der Waals surface area contributed by atoms with Crippen LogP contribution in [0.2, 0.25) is 0 Å². The lowest BCUT2D eigenvalue weighted by atomic mass is 10.2. The molecule has 0 saturated heterocycles. The number of hydrogen-bond acceptors (Lipinski definition) is 3. The van der Waals surface area contributed by atoms with Gasteiger partial charge in [-0.05, 0) is 17.7 Å². The number of nitrogens with two attached hydrogens (primary N) is 2. The highest BCUT2D eigenvalue weighted by atomic mass is 19.1. The van der Waals surface area contributed by atoms with Crippen molar-refractivity contribution in [3.8, 4) is 0 Å². The van der Waals surface area contributed by atoms with Crippen LogP contribution in [0.5, 0.6) is 0 Å². The van der Waals surface area contributed by atoms with Gasteiger partial charge in [0.1, 0.15) is 11.5 Å². The van der Waals surface area contributed by atoms with Gasteiger partial charge in [0.05, 0.1) is 0 Å². The van der Waals surface area contributed by atoms with Crippen molar-refractivity contribution in [1.82, 2.24) is 5.32 Å². The first-order chi connectivity index (χ1) is 7.09. The van der Waals surface area contributed by atoms with E-state index in [1.165, 1.54) is 18.3 Å². The van der Waals surface area contributed by atoms with E-state index in [4.69, 9.17) is 11.5 Å². The summed E-state index contributed by atoms with van der Waals surface area (Å²) >= 11 is 0. The lowest BCUT2D eigenvalue weighted by Gasteiger charge is -2.02. The number of carbonyl (C=O) groups is 1.